The standard InChI is InChI=1S/C14H14ClO3P/c1-17-11-5-3-7-13(9-11)19(15,16)14-8-4-6-12(10-14)18-2/h3-10H,1-2H3. The van der Waals surface area contributed by atoms with E-state index in [9.17, 15) is 4.57 Å². The Labute approximate surface area is 117 Å². The highest BCUT2D eigenvalue weighted by molar-refractivity contribution is 8.00. The van der Waals surface area contributed by atoms with E-state index in [1.54, 1.807) is 62.8 Å². The molecule has 0 fully saturated rings. The second-order valence-electron chi connectivity index (χ2n) is 3.94. The molecule has 0 radical (unpaired) electrons. The van der Waals surface area contributed by atoms with Crippen LogP contribution >= 0.6 is 17.7 Å². The summed E-state index contributed by atoms with van der Waals surface area (Å²) in [6.07, 6.45) is 0. The summed E-state index contributed by atoms with van der Waals surface area (Å²) in [5, 5.41) is 1.09. The lowest BCUT2D eigenvalue weighted by Crippen LogP contribution is -2.12. The first-order chi connectivity index (χ1) is 9.07. The molecule has 0 aromatic heterocycles. The molecule has 0 aliphatic rings. The predicted octanol–water partition coefficient (Wildman–Crippen LogP) is 3.17. The molecule has 5 heteroatoms. The zero-order valence-corrected chi connectivity index (χ0v) is 12.3. The van der Waals surface area contributed by atoms with Gasteiger partial charge in [0.05, 0.1) is 14.2 Å². The van der Waals surface area contributed by atoms with Crippen molar-refractivity contribution in [3.8, 4) is 11.5 Å². The molecule has 100 valence electrons. The number of methoxy groups -OCH3 is 2. The first-order valence-electron chi connectivity index (χ1n) is 5.67. The number of hydrogen-bond acceptors (Lipinski definition) is 3. The topological polar surface area (TPSA) is 35.5 Å². The van der Waals surface area contributed by atoms with Gasteiger partial charge >= 0.3 is 0 Å². The maximum Gasteiger partial charge on any atom is 0.226 e. The molecule has 0 N–H and O–H groups in total. The average molecular weight is 297 g/mol. The van der Waals surface area contributed by atoms with Gasteiger partial charge in [0.1, 0.15) is 11.5 Å². The zero-order valence-electron chi connectivity index (χ0n) is 10.7. The highest BCUT2D eigenvalue weighted by atomic mass is 35.7. The highest BCUT2D eigenvalue weighted by Crippen LogP contribution is 2.49. The number of ether oxygens (including phenoxy) is 2. The van der Waals surface area contributed by atoms with Crippen LogP contribution in [0.1, 0.15) is 0 Å². The Morgan fingerprint density at radius 1 is 0.895 bits per heavy atom. The molecule has 2 aromatic carbocycles. The van der Waals surface area contributed by atoms with Crippen molar-refractivity contribution < 1.29 is 14.0 Å². The van der Waals surface area contributed by atoms with E-state index in [-0.39, 0.29) is 0 Å². The van der Waals surface area contributed by atoms with Gasteiger partial charge < -0.3 is 9.47 Å². The van der Waals surface area contributed by atoms with Gasteiger partial charge in [0.15, 0.2) is 0 Å². The van der Waals surface area contributed by atoms with Gasteiger partial charge in [-0.25, -0.2) is 0 Å². The van der Waals surface area contributed by atoms with E-state index in [0.29, 0.717) is 22.1 Å². The lowest BCUT2D eigenvalue weighted by atomic mass is 10.3. The van der Waals surface area contributed by atoms with Gasteiger partial charge in [0.2, 0.25) is 6.49 Å². The number of halogens is 1. The molecular formula is C14H14ClO3P. The van der Waals surface area contributed by atoms with E-state index in [1.807, 2.05) is 0 Å². The molecule has 0 atom stereocenters. The van der Waals surface area contributed by atoms with E-state index in [0.717, 1.165) is 0 Å². The Balaban J connectivity index is 2.48. The van der Waals surface area contributed by atoms with Gasteiger partial charge in [-0.3, -0.25) is 4.57 Å². The van der Waals surface area contributed by atoms with Gasteiger partial charge in [0, 0.05) is 10.6 Å². The fourth-order valence-corrected chi connectivity index (χ4v) is 3.80. The number of rotatable bonds is 4. The third-order valence-corrected chi connectivity index (χ3v) is 5.83. The van der Waals surface area contributed by atoms with Crippen molar-refractivity contribution >= 4 is 28.3 Å². The predicted molar refractivity (Wildman–Crippen MR) is 78.7 cm³/mol. The van der Waals surface area contributed by atoms with E-state index in [1.165, 1.54) is 0 Å². The summed E-state index contributed by atoms with van der Waals surface area (Å²) in [4.78, 5) is 0. The normalized spacial score (nSPS) is 11.1. The van der Waals surface area contributed by atoms with Gasteiger partial charge in [-0.1, -0.05) is 12.1 Å². The summed E-state index contributed by atoms with van der Waals surface area (Å²) in [6.45, 7) is -3.17. The van der Waals surface area contributed by atoms with Crippen LogP contribution in [-0.4, -0.2) is 14.2 Å². The van der Waals surface area contributed by atoms with Crippen molar-refractivity contribution in [2.75, 3.05) is 14.2 Å². The molecule has 0 unspecified atom stereocenters. The first-order valence-corrected chi connectivity index (χ1v) is 8.28. The van der Waals surface area contributed by atoms with E-state index in [4.69, 9.17) is 20.7 Å². The number of hydrogen-bond donors (Lipinski definition) is 0. The van der Waals surface area contributed by atoms with Crippen LogP contribution in [0.25, 0.3) is 0 Å². The first kappa shape index (κ1) is 14.0. The molecule has 0 saturated heterocycles. The summed E-state index contributed by atoms with van der Waals surface area (Å²) >= 11 is 6.29. The molecule has 2 aromatic rings. The summed E-state index contributed by atoms with van der Waals surface area (Å²) in [7, 11) is 3.12. The van der Waals surface area contributed by atoms with Crippen LogP contribution < -0.4 is 20.1 Å². The van der Waals surface area contributed by atoms with Gasteiger partial charge in [-0.2, -0.15) is 0 Å². The molecule has 0 heterocycles. The van der Waals surface area contributed by atoms with Gasteiger partial charge in [-0.15, -0.1) is 0 Å². The van der Waals surface area contributed by atoms with Crippen LogP contribution in [-0.2, 0) is 4.57 Å². The van der Waals surface area contributed by atoms with Crippen molar-refractivity contribution in [2.45, 2.75) is 0 Å². The fraction of sp³-hybridized carbons (Fsp3) is 0.143. The van der Waals surface area contributed by atoms with Crippen LogP contribution in [0.15, 0.2) is 48.5 Å². The molecule has 0 aliphatic carbocycles. The molecule has 2 rings (SSSR count). The Morgan fingerprint density at radius 3 is 1.68 bits per heavy atom. The molecule has 0 saturated carbocycles. The van der Waals surface area contributed by atoms with Crippen LogP contribution in [0.2, 0.25) is 0 Å². The molecule has 19 heavy (non-hydrogen) atoms. The SMILES string of the molecule is COc1cccc(P(=O)(Cl)c2cccc(OC)c2)c1. The van der Waals surface area contributed by atoms with Crippen molar-refractivity contribution in [3.05, 3.63) is 48.5 Å². The summed E-state index contributed by atoms with van der Waals surface area (Å²) in [5.74, 6) is 1.25. The smallest absolute Gasteiger partial charge is 0.226 e. The van der Waals surface area contributed by atoms with Crippen molar-refractivity contribution in [1.29, 1.82) is 0 Å². The summed E-state index contributed by atoms with van der Waals surface area (Å²) in [5.41, 5.74) is 0. The maximum atomic E-state index is 12.8. The molecule has 0 bridgehead atoms. The van der Waals surface area contributed by atoms with Crippen molar-refractivity contribution in [1.82, 2.24) is 0 Å². The second-order valence-corrected chi connectivity index (χ2v) is 7.46. The third kappa shape index (κ3) is 2.94. The van der Waals surface area contributed by atoms with Crippen LogP contribution in [0.4, 0.5) is 0 Å². The fourth-order valence-electron chi connectivity index (χ4n) is 1.73. The van der Waals surface area contributed by atoms with Crippen molar-refractivity contribution in [2.24, 2.45) is 0 Å². The summed E-state index contributed by atoms with van der Waals surface area (Å²) in [6, 6.07) is 13.9. The number of benzene rings is 2. The Morgan fingerprint density at radius 2 is 1.32 bits per heavy atom. The van der Waals surface area contributed by atoms with E-state index in [2.05, 4.69) is 0 Å². The molecule has 0 amide bonds. The van der Waals surface area contributed by atoms with Gasteiger partial charge in [0.25, 0.3) is 0 Å². The maximum absolute atomic E-state index is 12.8. The van der Waals surface area contributed by atoms with Crippen LogP contribution in [0.5, 0.6) is 11.5 Å². The average Bonchev–Trinajstić information content (AvgIpc) is 2.47. The largest absolute Gasteiger partial charge is 0.497 e. The van der Waals surface area contributed by atoms with Crippen molar-refractivity contribution in [3.63, 3.8) is 0 Å². The second kappa shape index (κ2) is 5.68. The Hall–Kier alpha value is -1.44. The third-order valence-electron chi connectivity index (χ3n) is 2.77. The quantitative estimate of drug-likeness (QED) is 0.813. The lowest BCUT2D eigenvalue weighted by Gasteiger charge is -2.13. The molecule has 3 nitrogen and oxygen atoms in total. The van der Waals surface area contributed by atoms with E-state index < -0.39 is 6.49 Å². The molecular weight excluding hydrogens is 283 g/mol. The van der Waals surface area contributed by atoms with Crippen LogP contribution in [0, 0.1) is 0 Å². The minimum atomic E-state index is -3.17. The zero-order chi connectivity index (χ0) is 13.9. The highest BCUT2D eigenvalue weighted by Gasteiger charge is 2.25. The monoisotopic (exact) mass is 296 g/mol. The minimum Gasteiger partial charge on any atom is -0.497 e. The molecule has 0 spiro atoms. The summed E-state index contributed by atoms with van der Waals surface area (Å²) < 4.78 is 23.1. The minimum absolute atomic E-state index is 0.543. The van der Waals surface area contributed by atoms with Crippen LogP contribution in [0.3, 0.4) is 0 Å². The van der Waals surface area contributed by atoms with Gasteiger partial charge in [-0.05, 0) is 47.6 Å². The Bertz CT molecular complexity index is 576. The molecule has 0 aliphatic heterocycles. The van der Waals surface area contributed by atoms with E-state index >= 15 is 0 Å². The Kier molecular flexibility index (Phi) is 4.18. The lowest BCUT2D eigenvalue weighted by molar-refractivity contribution is 0.415.